The van der Waals surface area contributed by atoms with Crippen LogP contribution in [0.3, 0.4) is 0 Å². The Balaban J connectivity index is 0.00000432. The molecule has 192 valence electrons. The lowest BCUT2D eigenvalue weighted by Crippen LogP contribution is -2.63. The molecule has 0 aliphatic carbocycles. The molecule has 1 atom stereocenters. The minimum Gasteiger partial charge on any atom is -0.415 e. The van der Waals surface area contributed by atoms with Crippen LogP contribution >= 0.6 is 24.2 Å². The molecule has 1 aromatic heterocycles. The topological polar surface area (TPSA) is 126 Å². The second kappa shape index (κ2) is 13.0. The molecule has 1 aliphatic heterocycles. The van der Waals surface area contributed by atoms with E-state index < -0.39 is 23.3 Å². The predicted molar refractivity (Wildman–Crippen MR) is 137 cm³/mol. The Kier molecular flexibility index (Phi) is 10.7. The fourth-order valence-corrected chi connectivity index (χ4v) is 4.49. The third-order valence-corrected chi connectivity index (χ3v) is 6.44. The van der Waals surface area contributed by atoms with Crippen molar-refractivity contribution in [3.63, 3.8) is 0 Å². The van der Waals surface area contributed by atoms with Crippen molar-refractivity contribution in [3.05, 3.63) is 41.8 Å². The van der Waals surface area contributed by atoms with Gasteiger partial charge in [-0.05, 0) is 50.4 Å². The molecule has 2 aromatic rings. The van der Waals surface area contributed by atoms with Gasteiger partial charge in [-0.25, -0.2) is 0 Å². The number of halogens is 1. The van der Waals surface area contributed by atoms with Gasteiger partial charge in [0.2, 0.25) is 11.8 Å². The Hall–Kier alpha value is -2.43. The Morgan fingerprint density at radius 1 is 1.09 bits per heavy atom. The van der Waals surface area contributed by atoms with E-state index in [1.54, 1.807) is 24.3 Å². The maximum absolute atomic E-state index is 13.4. The number of thioether (sulfide) groups is 1. The maximum Gasteiger partial charge on any atom is 0.276 e. The van der Waals surface area contributed by atoms with Crippen molar-refractivity contribution < 1.29 is 18.8 Å². The van der Waals surface area contributed by atoms with Crippen molar-refractivity contribution in [1.29, 1.82) is 0 Å². The summed E-state index contributed by atoms with van der Waals surface area (Å²) in [5.74, 6) is -1.79. The van der Waals surface area contributed by atoms with E-state index in [4.69, 9.17) is 4.42 Å². The Labute approximate surface area is 216 Å². The highest BCUT2D eigenvalue weighted by molar-refractivity contribution is 7.99. The van der Waals surface area contributed by atoms with Crippen molar-refractivity contribution in [2.75, 3.05) is 13.1 Å². The van der Waals surface area contributed by atoms with Crippen LogP contribution in [0.4, 0.5) is 0 Å². The zero-order chi connectivity index (χ0) is 24.7. The molecule has 2 heterocycles. The van der Waals surface area contributed by atoms with E-state index in [1.165, 1.54) is 11.8 Å². The SMILES string of the molecule is CC(C)C[C@H](C(=O)NC(=O)C1(NC(=O)c2ccccc2)CCNCC1)c1nnc(SC(C)C)o1.Cl. The molecule has 1 fully saturated rings. The predicted octanol–water partition coefficient (Wildman–Crippen LogP) is 3.32. The number of benzene rings is 1. The average molecular weight is 524 g/mol. The number of rotatable bonds is 9. The van der Waals surface area contributed by atoms with E-state index >= 15 is 0 Å². The summed E-state index contributed by atoms with van der Waals surface area (Å²) < 4.78 is 5.74. The summed E-state index contributed by atoms with van der Waals surface area (Å²) in [6, 6.07) is 8.73. The van der Waals surface area contributed by atoms with Gasteiger partial charge in [0.15, 0.2) is 0 Å². The van der Waals surface area contributed by atoms with E-state index in [1.807, 2.05) is 33.8 Å². The molecule has 9 nitrogen and oxygen atoms in total. The number of nitrogens with zero attached hydrogens (tertiary/aromatic N) is 2. The molecule has 0 saturated carbocycles. The van der Waals surface area contributed by atoms with Crippen LogP contribution in [0.5, 0.6) is 0 Å². The Morgan fingerprint density at radius 3 is 2.34 bits per heavy atom. The third-order valence-electron chi connectivity index (χ3n) is 5.60. The van der Waals surface area contributed by atoms with Gasteiger partial charge in [0, 0.05) is 10.8 Å². The van der Waals surface area contributed by atoms with Gasteiger partial charge in [0.1, 0.15) is 11.5 Å². The first kappa shape index (κ1) is 28.8. The van der Waals surface area contributed by atoms with E-state index in [0.717, 1.165) is 0 Å². The normalized spacial score (nSPS) is 15.8. The van der Waals surface area contributed by atoms with Crippen LogP contribution in [-0.4, -0.2) is 51.8 Å². The minimum absolute atomic E-state index is 0. The molecule has 0 spiro atoms. The number of amides is 3. The van der Waals surface area contributed by atoms with Gasteiger partial charge in [-0.2, -0.15) is 0 Å². The summed E-state index contributed by atoms with van der Waals surface area (Å²) in [6.07, 6.45) is 1.18. The maximum atomic E-state index is 13.4. The molecule has 35 heavy (non-hydrogen) atoms. The first-order valence-corrected chi connectivity index (χ1v) is 12.5. The molecule has 1 aliphatic rings. The van der Waals surface area contributed by atoms with Crippen molar-refractivity contribution >= 4 is 41.9 Å². The van der Waals surface area contributed by atoms with Gasteiger partial charge < -0.3 is 15.1 Å². The van der Waals surface area contributed by atoms with Crippen LogP contribution in [-0.2, 0) is 9.59 Å². The standard InChI is InChI=1S/C24H33N5O4S.ClH/c1-15(2)14-18(21-28-29-23(33-21)34-16(3)4)20(31)26-22(32)24(10-12-25-13-11-24)27-19(30)17-8-6-5-7-9-17;/h5-9,15-16,18,25H,10-14H2,1-4H3,(H,27,30)(H,26,31,32);1H/t18-;/m1./s1. The minimum atomic E-state index is -1.19. The number of nitrogens with one attached hydrogen (secondary N) is 3. The fourth-order valence-electron chi connectivity index (χ4n) is 3.86. The lowest BCUT2D eigenvalue weighted by atomic mass is 9.86. The summed E-state index contributed by atoms with van der Waals surface area (Å²) >= 11 is 1.41. The molecule has 0 radical (unpaired) electrons. The molecule has 11 heteroatoms. The summed E-state index contributed by atoms with van der Waals surface area (Å²) in [7, 11) is 0. The monoisotopic (exact) mass is 523 g/mol. The number of hydrogen-bond donors (Lipinski definition) is 3. The molecular weight excluding hydrogens is 490 g/mol. The van der Waals surface area contributed by atoms with Gasteiger partial charge in [0.25, 0.3) is 17.0 Å². The number of imide groups is 1. The fraction of sp³-hybridized carbons (Fsp3) is 0.542. The summed E-state index contributed by atoms with van der Waals surface area (Å²) in [4.78, 5) is 39.6. The smallest absolute Gasteiger partial charge is 0.276 e. The summed E-state index contributed by atoms with van der Waals surface area (Å²) in [5, 5.41) is 17.4. The molecule has 3 amide bonds. The van der Waals surface area contributed by atoms with E-state index in [0.29, 0.717) is 43.1 Å². The third kappa shape index (κ3) is 7.78. The van der Waals surface area contributed by atoms with Crippen LogP contribution in [0.25, 0.3) is 0 Å². The van der Waals surface area contributed by atoms with Crippen LogP contribution in [0, 0.1) is 5.92 Å². The largest absolute Gasteiger partial charge is 0.415 e. The zero-order valence-corrected chi connectivity index (χ0v) is 22.1. The number of piperidine rings is 1. The van der Waals surface area contributed by atoms with E-state index in [2.05, 4.69) is 26.1 Å². The van der Waals surface area contributed by atoms with Gasteiger partial charge in [-0.1, -0.05) is 57.7 Å². The highest BCUT2D eigenvalue weighted by Crippen LogP contribution is 2.28. The van der Waals surface area contributed by atoms with Gasteiger partial charge in [-0.15, -0.1) is 22.6 Å². The lowest BCUT2D eigenvalue weighted by molar-refractivity contribution is -0.136. The van der Waals surface area contributed by atoms with Crippen LogP contribution in [0.15, 0.2) is 40.0 Å². The number of carbonyl (C=O) groups is 3. The quantitative estimate of drug-likeness (QED) is 0.427. The van der Waals surface area contributed by atoms with Gasteiger partial charge >= 0.3 is 0 Å². The molecule has 1 saturated heterocycles. The lowest BCUT2D eigenvalue weighted by Gasteiger charge is -2.37. The number of aromatic nitrogens is 2. The highest BCUT2D eigenvalue weighted by Gasteiger charge is 2.43. The summed E-state index contributed by atoms with van der Waals surface area (Å²) in [6.45, 7) is 9.08. The van der Waals surface area contributed by atoms with Crippen molar-refractivity contribution in [2.24, 2.45) is 5.92 Å². The number of hydrogen-bond acceptors (Lipinski definition) is 8. The Morgan fingerprint density at radius 2 is 1.74 bits per heavy atom. The highest BCUT2D eigenvalue weighted by atomic mass is 35.5. The molecule has 0 unspecified atom stereocenters. The van der Waals surface area contributed by atoms with Gasteiger partial charge in [-0.3, -0.25) is 19.7 Å². The van der Waals surface area contributed by atoms with Crippen LogP contribution < -0.4 is 16.0 Å². The zero-order valence-electron chi connectivity index (χ0n) is 20.5. The molecule has 0 bridgehead atoms. The van der Waals surface area contributed by atoms with Crippen molar-refractivity contribution in [3.8, 4) is 0 Å². The second-order valence-corrected chi connectivity index (χ2v) is 10.8. The van der Waals surface area contributed by atoms with E-state index in [9.17, 15) is 14.4 Å². The molecular formula is C24H34ClN5O4S. The first-order valence-electron chi connectivity index (χ1n) is 11.6. The molecule has 3 N–H and O–H groups in total. The van der Waals surface area contributed by atoms with Crippen molar-refractivity contribution in [2.45, 2.75) is 68.9 Å². The summed E-state index contributed by atoms with van der Waals surface area (Å²) in [5.41, 5.74) is -0.734. The van der Waals surface area contributed by atoms with Crippen LogP contribution in [0.1, 0.15) is 69.1 Å². The number of carbonyl (C=O) groups excluding carboxylic acids is 3. The Bertz CT molecular complexity index is 993. The molecule has 1 aromatic carbocycles. The molecule has 3 rings (SSSR count). The second-order valence-electron chi connectivity index (χ2n) is 9.23. The average Bonchev–Trinajstić information content (AvgIpc) is 3.25. The van der Waals surface area contributed by atoms with Crippen molar-refractivity contribution in [1.82, 2.24) is 26.1 Å². The first-order chi connectivity index (χ1) is 16.2. The van der Waals surface area contributed by atoms with Crippen LogP contribution in [0.2, 0.25) is 0 Å². The van der Waals surface area contributed by atoms with Gasteiger partial charge in [0.05, 0.1) is 0 Å². The van der Waals surface area contributed by atoms with E-state index in [-0.39, 0.29) is 35.4 Å².